The lowest BCUT2D eigenvalue weighted by molar-refractivity contribution is -0.113. The lowest BCUT2D eigenvalue weighted by Crippen LogP contribution is -2.27. The first-order valence-electron chi connectivity index (χ1n) is 11.0. The molecule has 5 N–H and O–H groups in total. The van der Waals surface area contributed by atoms with Crippen molar-refractivity contribution in [3.8, 4) is 17.4 Å². The van der Waals surface area contributed by atoms with Gasteiger partial charge < -0.3 is 35.4 Å². The Kier molecular flexibility index (Phi) is 7.90. The highest BCUT2D eigenvalue weighted by molar-refractivity contribution is 6.41. The summed E-state index contributed by atoms with van der Waals surface area (Å²) in [5, 5.41) is 11.5. The maximum Gasteiger partial charge on any atom is 0.261 e. The van der Waals surface area contributed by atoms with E-state index in [-0.39, 0.29) is 75.8 Å². The maximum absolute atomic E-state index is 13.7. The van der Waals surface area contributed by atoms with E-state index >= 15 is 0 Å². The lowest BCUT2D eigenvalue weighted by Gasteiger charge is -2.19. The molecule has 0 saturated heterocycles. The number of pyridine rings is 1. The Bertz CT molecular complexity index is 1440. The number of aliphatic hydroxyl groups is 1. The van der Waals surface area contributed by atoms with Crippen LogP contribution in [-0.4, -0.2) is 71.3 Å². The molecule has 4 rings (SSSR count). The Morgan fingerprint density at radius 3 is 2.58 bits per heavy atom. The molecule has 13 nitrogen and oxygen atoms in total. The Balaban J connectivity index is 1.77. The Morgan fingerprint density at radius 1 is 1.18 bits per heavy atom. The number of aromatic amines is 1. The van der Waals surface area contributed by atoms with Gasteiger partial charge >= 0.3 is 0 Å². The summed E-state index contributed by atoms with van der Waals surface area (Å²) >= 11 is 13.0. The van der Waals surface area contributed by atoms with Crippen molar-refractivity contribution in [2.45, 2.75) is 6.54 Å². The van der Waals surface area contributed by atoms with Crippen LogP contribution in [0.5, 0.6) is 17.4 Å². The van der Waals surface area contributed by atoms with Gasteiger partial charge in [-0.3, -0.25) is 14.5 Å². The topological polar surface area (TPSA) is 178 Å². The quantitative estimate of drug-likeness (QED) is 0.222. The number of fused-ring (bicyclic) bond motifs is 1. The number of H-pyrrole nitrogens is 1. The van der Waals surface area contributed by atoms with Gasteiger partial charge in [0.1, 0.15) is 10.2 Å². The third-order valence-electron chi connectivity index (χ3n) is 5.53. The van der Waals surface area contributed by atoms with Crippen LogP contribution in [-0.2, 0) is 11.3 Å². The Labute approximate surface area is 226 Å². The van der Waals surface area contributed by atoms with Crippen molar-refractivity contribution in [3.05, 3.63) is 45.0 Å². The summed E-state index contributed by atoms with van der Waals surface area (Å²) in [7, 11) is 4.23. The minimum absolute atomic E-state index is 0.0361. The molecule has 0 radical (unpaired) electrons. The monoisotopic (exact) mass is 563 g/mol. The number of carbonyl (C=O) groups excluding carboxylic acids is 2. The van der Waals surface area contributed by atoms with Crippen LogP contribution >= 0.6 is 23.2 Å². The van der Waals surface area contributed by atoms with E-state index in [9.17, 15) is 9.59 Å². The molecule has 0 fully saturated rings. The highest BCUT2D eigenvalue weighted by Crippen LogP contribution is 2.45. The summed E-state index contributed by atoms with van der Waals surface area (Å²) in [5.41, 5.74) is 7.21. The molecular formula is C23H23Cl2N7O6. The number of halogens is 2. The molecule has 0 aromatic carbocycles. The molecule has 1 aliphatic heterocycles. The predicted molar refractivity (Wildman–Crippen MR) is 140 cm³/mol. The zero-order chi connectivity index (χ0) is 27.6. The van der Waals surface area contributed by atoms with E-state index in [2.05, 4.69) is 25.3 Å². The number of ether oxygens (including phenoxy) is 3. The maximum atomic E-state index is 13.7. The van der Waals surface area contributed by atoms with Gasteiger partial charge in [-0.1, -0.05) is 23.2 Å². The number of rotatable bonds is 9. The zero-order valence-corrected chi connectivity index (χ0v) is 22.0. The van der Waals surface area contributed by atoms with Gasteiger partial charge in [0.05, 0.1) is 56.9 Å². The molecule has 200 valence electrons. The van der Waals surface area contributed by atoms with Gasteiger partial charge in [-0.25, -0.2) is 9.97 Å². The van der Waals surface area contributed by atoms with E-state index in [1.807, 2.05) is 0 Å². The second-order valence-corrected chi connectivity index (χ2v) is 8.53. The number of nitrogens with one attached hydrogen (secondary N) is 2. The zero-order valence-electron chi connectivity index (χ0n) is 20.5. The van der Waals surface area contributed by atoms with Crippen molar-refractivity contribution in [2.75, 3.05) is 45.1 Å². The fourth-order valence-corrected chi connectivity index (χ4v) is 4.39. The van der Waals surface area contributed by atoms with Gasteiger partial charge in [-0.05, 0) is 12.1 Å². The van der Waals surface area contributed by atoms with E-state index in [1.54, 1.807) is 6.07 Å². The molecular weight excluding hydrogens is 541 g/mol. The highest BCUT2D eigenvalue weighted by atomic mass is 35.5. The van der Waals surface area contributed by atoms with Crippen LogP contribution in [0.1, 0.15) is 27.3 Å². The van der Waals surface area contributed by atoms with E-state index in [1.165, 1.54) is 38.5 Å². The van der Waals surface area contributed by atoms with Crippen molar-refractivity contribution >= 4 is 58.4 Å². The van der Waals surface area contributed by atoms with Crippen molar-refractivity contribution in [3.63, 3.8) is 0 Å². The number of aliphatic hydroxyl groups excluding tert-OH is 1. The number of nitrogen functional groups attached to an aromatic ring is 1. The summed E-state index contributed by atoms with van der Waals surface area (Å²) in [6.45, 7) is -0.237. The van der Waals surface area contributed by atoms with Gasteiger partial charge in [0, 0.05) is 18.4 Å². The average molecular weight is 564 g/mol. The Morgan fingerprint density at radius 2 is 1.92 bits per heavy atom. The number of carbonyl (C=O) groups is 2. The van der Waals surface area contributed by atoms with E-state index in [0.29, 0.717) is 11.3 Å². The number of aromatic nitrogens is 4. The highest BCUT2D eigenvalue weighted by Gasteiger charge is 2.38. The van der Waals surface area contributed by atoms with E-state index in [0.717, 1.165) is 0 Å². The van der Waals surface area contributed by atoms with Crippen molar-refractivity contribution in [1.82, 2.24) is 25.3 Å². The molecule has 0 aliphatic carbocycles. The molecule has 4 heterocycles. The average Bonchev–Trinajstić information content (AvgIpc) is 3.47. The summed E-state index contributed by atoms with van der Waals surface area (Å²) in [6.07, 6.45) is 2.98. The predicted octanol–water partition coefficient (Wildman–Crippen LogP) is 1.92. The van der Waals surface area contributed by atoms with Crippen LogP contribution in [0.2, 0.25) is 10.2 Å². The minimum Gasteiger partial charge on any atom is -0.491 e. The number of amides is 2. The minimum atomic E-state index is -0.491. The number of anilines is 2. The molecule has 1 aliphatic rings. The number of nitrogens with two attached hydrogens (primary N) is 1. The number of hydrogen-bond acceptors (Lipinski definition) is 10. The second-order valence-electron chi connectivity index (χ2n) is 7.79. The van der Waals surface area contributed by atoms with Crippen molar-refractivity contribution in [1.29, 1.82) is 0 Å². The first-order valence-corrected chi connectivity index (χ1v) is 11.8. The number of methoxy groups -OCH3 is 3. The van der Waals surface area contributed by atoms with Gasteiger partial charge in [0.25, 0.3) is 17.7 Å². The first-order chi connectivity index (χ1) is 18.2. The fourth-order valence-electron chi connectivity index (χ4n) is 3.85. The lowest BCUT2D eigenvalue weighted by atomic mass is 10.1. The van der Waals surface area contributed by atoms with Crippen molar-refractivity contribution in [2.24, 2.45) is 0 Å². The SMILES string of the molecule is COc1nc(CN2C(=O)C(=Cc3cc(C(=O)NCCO)c[nH]3)c3c(Cl)nc(N)nc32)c(Cl)c(OC)c1OC. The summed E-state index contributed by atoms with van der Waals surface area (Å²) < 4.78 is 16.0. The molecule has 0 saturated carbocycles. The fraction of sp³-hybridized carbons (Fsp3) is 0.261. The van der Waals surface area contributed by atoms with Gasteiger partial charge in [-0.2, -0.15) is 4.98 Å². The summed E-state index contributed by atoms with van der Waals surface area (Å²) in [5.74, 6) is -0.400. The largest absolute Gasteiger partial charge is 0.491 e. The van der Waals surface area contributed by atoms with Crippen LogP contribution in [0.15, 0.2) is 12.3 Å². The van der Waals surface area contributed by atoms with Crippen LogP contribution in [0.25, 0.3) is 11.6 Å². The smallest absolute Gasteiger partial charge is 0.261 e. The molecule has 3 aromatic rings. The molecule has 15 heteroatoms. The van der Waals surface area contributed by atoms with Gasteiger partial charge in [0.2, 0.25) is 11.7 Å². The first kappa shape index (κ1) is 27.0. The molecule has 0 spiro atoms. The number of hydrogen-bond donors (Lipinski definition) is 4. The normalized spacial score (nSPS) is 13.6. The van der Waals surface area contributed by atoms with Crippen LogP contribution in [0, 0.1) is 0 Å². The van der Waals surface area contributed by atoms with Crippen LogP contribution < -0.4 is 30.2 Å². The number of nitrogens with zero attached hydrogens (tertiary/aromatic N) is 4. The standard InChI is InChI=1S/C23H23Cl2N7O6/c1-36-16-15(24)13(29-21(38-3)17(16)37-2)9-32-19-14(18(25)30-23(26)31-19)12(22(32)35)7-11-6-10(8-28-11)20(34)27-4-5-33/h6-8,28,33H,4-5,9H2,1-3H3,(H,27,34)(H2,26,30,31). The van der Waals surface area contributed by atoms with Crippen LogP contribution in [0.3, 0.4) is 0 Å². The Hall–Kier alpha value is -4.07. The molecule has 0 unspecified atom stereocenters. The molecule has 38 heavy (non-hydrogen) atoms. The third kappa shape index (κ3) is 4.90. The van der Waals surface area contributed by atoms with Gasteiger partial charge in [0.15, 0.2) is 11.6 Å². The van der Waals surface area contributed by atoms with Crippen LogP contribution in [0.4, 0.5) is 11.8 Å². The summed E-state index contributed by atoms with van der Waals surface area (Å²) in [6, 6.07) is 1.54. The molecule has 3 aromatic heterocycles. The third-order valence-corrected chi connectivity index (χ3v) is 6.19. The summed E-state index contributed by atoms with van der Waals surface area (Å²) in [4.78, 5) is 42.7. The second kappa shape index (κ2) is 11.1. The van der Waals surface area contributed by atoms with Crippen molar-refractivity contribution < 1.29 is 28.9 Å². The van der Waals surface area contributed by atoms with E-state index in [4.69, 9.17) is 48.3 Å². The molecule has 0 bridgehead atoms. The molecule has 2 amide bonds. The van der Waals surface area contributed by atoms with Gasteiger partial charge in [-0.15, -0.1) is 0 Å². The molecule has 0 atom stereocenters. The van der Waals surface area contributed by atoms with E-state index < -0.39 is 11.8 Å².